The van der Waals surface area contributed by atoms with Crippen LogP contribution in [-0.4, -0.2) is 25.0 Å². The van der Waals surface area contributed by atoms with Crippen LogP contribution < -0.4 is 15.0 Å². The van der Waals surface area contributed by atoms with Gasteiger partial charge in [0.05, 0.1) is 11.7 Å². The van der Waals surface area contributed by atoms with Gasteiger partial charge in [-0.05, 0) is 37.1 Å². The summed E-state index contributed by atoms with van der Waals surface area (Å²) in [5, 5.41) is 2.94. The summed E-state index contributed by atoms with van der Waals surface area (Å²) in [7, 11) is 0. The van der Waals surface area contributed by atoms with Gasteiger partial charge in [0, 0.05) is 0 Å². The van der Waals surface area contributed by atoms with Gasteiger partial charge in [-0.25, -0.2) is 0 Å². The Bertz CT molecular complexity index is 758. The normalized spacial score (nSPS) is 14.6. The Morgan fingerprint density at radius 3 is 2.75 bits per heavy atom. The summed E-state index contributed by atoms with van der Waals surface area (Å²) in [6.45, 7) is 3.80. The first kappa shape index (κ1) is 16.1. The van der Waals surface area contributed by atoms with E-state index < -0.39 is 0 Å². The molecule has 124 valence electrons. The van der Waals surface area contributed by atoms with E-state index in [2.05, 4.69) is 5.32 Å². The van der Waals surface area contributed by atoms with E-state index in [1.807, 2.05) is 62.4 Å². The van der Waals surface area contributed by atoms with E-state index in [1.165, 1.54) is 4.90 Å². The molecule has 0 unspecified atom stereocenters. The maximum absolute atomic E-state index is 12.4. The highest BCUT2D eigenvalue weighted by molar-refractivity contribution is 6.02. The summed E-state index contributed by atoms with van der Waals surface area (Å²) >= 11 is 0. The predicted octanol–water partition coefficient (Wildman–Crippen LogP) is 2.60. The molecule has 1 aliphatic rings. The number of nitrogens with zero attached hydrogens (tertiary/aromatic N) is 1. The minimum absolute atomic E-state index is 0.0180. The Hall–Kier alpha value is -2.82. The molecule has 2 amide bonds. The van der Waals surface area contributed by atoms with Gasteiger partial charge in [0.25, 0.3) is 5.91 Å². The Kier molecular flexibility index (Phi) is 4.51. The molecule has 1 aliphatic heterocycles. The van der Waals surface area contributed by atoms with E-state index >= 15 is 0 Å². The van der Waals surface area contributed by atoms with Gasteiger partial charge in [0.2, 0.25) is 5.91 Å². The van der Waals surface area contributed by atoms with E-state index in [4.69, 9.17) is 4.74 Å². The SMILES string of the molecule is Cc1ccc2c(c1)N(CC(=O)N[C@@H](C)c1ccccc1)C(=O)CO2. The highest BCUT2D eigenvalue weighted by atomic mass is 16.5. The number of anilines is 1. The monoisotopic (exact) mass is 324 g/mol. The Labute approximate surface area is 141 Å². The van der Waals surface area contributed by atoms with Gasteiger partial charge in [-0.2, -0.15) is 0 Å². The molecular formula is C19H20N2O3. The smallest absolute Gasteiger partial charge is 0.265 e. The summed E-state index contributed by atoms with van der Waals surface area (Å²) in [4.78, 5) is 26.1. The van der Waals surface area contributed by atoms with E-state index in [1.54, 1.807) is 0 Å². The van der Waals surface area contributed by atoms with Crippen LogP contribution in [-0.2, 0) is 9.59 Å². The molecule has 0 bridgehead atoms. The summed E-state index contributed by atoms with van der Waals surface area (Å²) in [6.07, 6.45) is 0. The number of carbonyl (C=O) groups is 2. The molecule has 2 aromatic carbocycles. The van der Waals surface area contributed by atoms with Gasteiger partial charge < -0.3 is 10.1 Å². The highest BCUT2D eigenvalue weighted by Gasteiger charge is 2.27. The number of ether oxygens (including phenoxy) is 1. The molecule has 5 nitrogen and oxygen atoms in total. The van der Waals surface area contributed by atoms with Crippen molar-refractivity contribution in [2.24, 2.45) is 0 Å². The van der Waals surface area contributed by atoms with Crippen LogP contribution in [0.25, 0.3) is 0 Å². The summed E-state index contributed by atoms with van der Waals surface area (Å²) in [5.41, 5.74) is 2.68. The van der Waals surface area contributed by atoms with Crippen molar-refractivity contribution in [3.63, 3.8) is 0 Å². The summed E-state index contributed by atoms with van der Waals surface area (Å²) in [6, 6.07) is 15.2. The standard InChI is InChI=1S/C19H20N2O3/c1-13-8-9-17-16(10-13)21(19(23)12-24-17)11-18(22)20-14(2)15-6-4-3-5-7-15/h3-10,14H,11-12H2,1-2H3,(H,20,22)/t14-/m0/s1. The first-order valence-electron chi connectivity index (χ1n) is 7.93. The van der Waals surface area contributed by atoms with Crippen LogP contribution in [0, 0.1) is 6.92 Å². The number of amides is 2. The minimum Gasteiger partial charge on any atom is -0.482 e. The number of rotatable bonds is 4. The molecule has 0 saturated heterocycles. The number of aryl methyl sites for hydroxylation is 1. The second kappa shape index (κ2) is 6.74. The van der Waals surface area contributed by atoms with Crippen molar-refractivity contribution in [1.82, 2.24) is 5.32 Å². The fourth-order valence-electron chi connectivity index (χ4n) is 2.74. The fourth-order valence-corrected chi connectivity index (χ4v) is 2.74. The molecule has 3 rings (SSSR count). The molecule has 5 heteroatoms. The molecule has 1 atom stereocenters. The van der Waals surface area contributed by atoms with Gasteiger partial charge >= 0.3 is 0 Å². The first-order chi connectivity index (χ1) is 11.5. The molecule has 0 spiro atoms. The first-order valence-corrected chi connectivity index (χ1v) is 7.93. The largest absolute Gasteiger partial charge is 0.482 e. The van der Waals surface area contributed by atoms with E-state index in [0.29, 0.717) is 11.4 Å². The summed E-state index contributed by atoms with van der Waals surface area (Å²) in [5.74, 6) is 0.216. The van der Waals surface area contributed by atoms with Crippen molar-refractivity contribution in [2.45, 2.75) is 19.9 Å². The maximum atomic E-state index is 12.4. The van der Waals surface area contributed by atoms with Gasteiger partial charge in [0.15, 0.2) is 6.61 Å². The quantitative estimate of drug-likeness (QED) is 0.940. The van der Waals surface area contributed by atoms with Crippen LogP contribution in [0.5, 0.6) is 5.75 Å². The molecule has 0 aromatic heterocycles. The molecule has 0 aliphatic carbocycles. The van der Waals surface area contributed by atoms with Crippen LogP contribution in [0.3, 0.4) is 0 Å². The van der Waals surface area contributed by atoms with Crippen LogP contribution >= 0.6 is 0 Å². The minimum atomic E-state index is -0.212. The fraction of sp³-hybridized carbons (Fsp3) is 0.263. The van der Waals surface area contributed by atoms with Crippen LogP contribution in [0.4, 0.5) is 5.69 Å². The Balaban J connectivity index is 1.72. The molecule has 0 fully saturated rings. The Morgan fingerprint density at radius 2 is 2.00 bits per heavy atom. The third kappa shape index (κ3) is 3.40. The van der Waals surface area contributed by atoms with Gasteiger partial charge in [-0.1, -0.05) is 36.4 Å². The Morgan fingerprint density at radius 1 is 1.25 bits per heavy atom. The van der Waals surface area contributed by atoms with E-state index in [0.717, 1.165) is 11.1 Å². The zero-order valence-corrected chi connectivity index (χ0v) is 13.8. The van der Waals surface area contributed by atoms with Crippen LogP contribution in [0.2, 0.25) is 0 Å². The van der Waals surface area contributed by atoms with Crippen molar-refractivity contribution in [1.29, 1.82) is 0 Å². The topological polar surface area (TPSA) is 58.6 Å². The maximum Gasteiger partial charge on any atom is 0.265 e. The average Bonchev–Trinajstić information content (AvgIpc) is 2.58. The zero-order chi connectivity index (χ0) is 17.1. The van der Waals surface area contributed by atoms with Gasteiger partial charge in [-0.3, -0.25) is 14.5 Å². The number of nitrogens with one attached hydrogen (secondary N) is 1. The molecule has 1 N–H and O–H groups in total. The van der Waals surface area contributed by atoms with Crippen molar-refractivity contribution >= 4 is 17.5 Å². The summed E-state index contributed by atoms with van der Waals surface area (Å²) < 4.78 is 5.43. The lowest BCUT2D eigenvalue weighted by atomic mass is 10.1. The lowest BCUT2D eigenvalue weighted by Crippen LogP contribution is -2.45. The second-order valence-corrected chi connectivity index (χ2v) is 5.94. The molecule has 2 aromatic rings. The molecule has 1 heterocycles. The van der Waals surface area contributed by atoms with Crippen molar-refractivity contribution in [3.8, 4) is 5.75 Å². The van der Waals surface area contributed by atoms with E-state index in [9.17, 15) is 9.59 Å². The lowest BCUT2D eigenvalue weighted by molar-refractivity contribution is -0.125. The second-order valence-electron chi connectivity index (χ2n) is 5.94. The number of hydrogen-bond donors (Lipinski definition) is 1. The number of carbonyl (C=O) groups excluding carboxylic acids is 2. The molecule has 24 heavy (non-hydrogen) atoms. The molecule has 0 radical (unpaired) electrons. The zero-order valence-electron chi connectivity index (χ0n) is 13.8. The van der Waals surface area contributed by atoms with Gasteiger partial charge in [-0.15, -0.1) is 0 Å². The van der Waals surface area contributed by atoms with Crippen LogP contribution in [0.15, 0.2) is 48.5 Å². The van der Waals surface area contributed by atoms with Crippen molar-refractivity contribution in [3.05, 3.63) is 59.7 Å². The number of benzene rings is 2. The van der Waals surface area contributed by atoms with E-state index in [-0.39, 0.29) is 31.0 Å². The predicted molar refractivity (Wildman–Crippen MR) is 92.0 cm³/mol. The number of fused-ring (bicyclic) bond motifs is 1. The third-order valence-corrected chi connectivity index (χ3v) is 4.04. The van der Waals surface area contributed by atoms with Crippen LogP contribution in [0.1, 0.15) is 24.1 Å². The number of hydrogen-bond acceptors (Lipinski definition) is 3. The average molecular weight is 324 g/mol. The molecular weight excluding hydrogens is 304 g/mol. The molecule has 0 saturated carbocycles. The van der Waals surface area contributed by atoms with Crippen molar-refractivity contribution in [2.75, 3.05) is 18.1 Å². The lowest BCUT2D eigenvalue weighted by Gasteiger charge is -2.29. The third-order valence-electron chi connectivity index (χ3n) is 4.04. The van der Waals surface area contributed by atoms with Crippen molar-refractivity contribution < 1.29 is 14.3 Å². The highest BCUT2D eigenvalue weighted by Crippen LogP contribution is 2.32. The van der Waals surface area contributed by atoms with Gasteiger partial charge in [0.1, 0.15) is 12.3 Å².